The van der Waals surface area contributed by atoms with Crippen molar-refractivity contribution in [3.8, 4) is 0 Å². The van der Waals surface area contributed by atoms with Crippen LogP contribution in [-0.4, -0.2) is 23.1 Å². The minimum atomic E-state index is -1.41. The molecule has 0 bridgehead atoms. The number of ether oxygens (including phenoxy) is 1. The zero-order valence-electron chi connectivity index (χ0n) is 14.4. The number of carboxylic acid groups (broad SMARTS) is 1. The molecule has 0 aromatic rings. The molecule has 0 rings (SSSR count). The van der Waals surface area contributed by atoms with Crippen LogP contribution in [0.25, 0.3) is 0 Å². The lowest BCUT2D eigenvalue weighted by atomic mass is 9.74. The number of carbonyl (C=O) groups is 2. The van der Waals surface area contributed by atoms with Gasteiger partial charge in [-0.2, -0.15) is 0 Å². The number of esters is 1. The fraction of sp³-hybridized carbons (Fsp3) is 0.882. The van der Waals surface area contributed by atoms with Crippen LogP contribution < -0.4 is 0 Å². The molecule has 0 saturated carbocycles. The van der Waals surface area contributed by atoms with Crippen molar-refractivity contribution in [2.24, 2.45) is 17.3 Å². The predicted molar refractivity (Wildman–Crippen MR) is 84.1 cm³/mol. The molecule has 0 aromatic carbocycles. The summed E-state index contributed by atoms with van der Waals surface area (Å²) < 4.78 is 5.55. The quantitative estimate of drug-likeness (QED) is 0.483. The van der Waals surface area contributed by atoms with Gasteiger partial charge in [0.2, 0.25) is 0 Å². The number of hydrogen-bond acceptors (Lipinski definition) is 3. The Morgan fingerprint density at radius 1 is 1.05 bits per heavy atom. The van der Waals surface area contributed by atoms with Crippen molar-refractivity contribution in [3.63, 3.8) is 0 Å². The molecule has 1 unspecified atom stereocenters. The molecule has 0 aliphatic heterocycles. The van der Waals surface area contributed by atoms with E-state index in [9.17, 15) is 14.7 Å². The first-order chi connectivity index (χ1) is 9.69. The maximum absolute atomic E-state index is 12.6. The smallest absolute Gasteiger partial charge is 0.323 e. The Balaban J connectivity index is 5.33. The van der Waals surface area contributed by atoms with E-state index in [2.05, 4.69) is 0 Å². The average molecular weight is 300 g/mol. The van der Waals surface area contributed by atoms with Crippen LogP contribution >= 0.6 is 0 Å². The van der Waals surface area contributed by atoms with E-state index in [1.54, 1.807) is 0 Å². The van der Waals surface area contributed by atoms with Crippen LogP contribution in [0.15, 0.2) is 0 Å². The van der Waals surface area contributed by atoms with Gasteiger partial charge in [0.05, 0.1) is 0 Å². The molecule has 0 aromatic heterocycles. The van der Waals surface area contributed by atoms with Crippen LogP contribution in [0, 0.1) is 17.3 Å². The molecule has 0 amide bonds. The summed E-state index contributed by atoms with van der Waals surface area (Å²) in [5.74, 6) is -1.36. The van der Waals surface area contributed by atoms with E-state index in [-0.39, 0.29) is 17.9 Å². The average Bonchev–Trinajstić information content (AvgIpc) is 2.35. The summed E-state index contributed by atoms with van der Waals surface area (Å²) in [6.45, 7) is 11.7. The van der Waals surface area contributed by atoms with Gasteiger partial charge in [-0.15, -0.1) is 0 Å². The third kappa shape index (κ3) is 6.06. The van der Waals surface area contributed by atoms with Crippen molar-refractivity contribution in [1.29, 1.82) is 0 Å². The zero-order valence-corrected chi connectivity index (χ0v) is 14.4. The molecule has 1 N–H and O–H groups in total. The van der Waals surface area contributed by atoms with Crippen molar-refractivity contribution < 1.29 is 19.4 Å². The van der Waals surface area contributed by atoms with Gasteiger partial charge in [0.15, 0.2) is 5.41 Å². The molecule has 0 radical (unpaired) electrons. The summed E-state index contributed by atoms with van der Waals surface area (Å²) in [6.07, 6.45) is 2.88. The van der Waals surface area contributed by atoms with E-state index in [0.29, 0.717) is 12.8 Å². The van der Waals surface area contributed by atoms with Crippen LogP contribution in [-0.2, 0) is 14.3 Å². The van der Waals surface area contributed by atoms with Gasteiger partial charge >= 0.3 is 11.9 Å². The summed E-state index contributed by atoms with van der Waals surface area (Å²) in [6, 6.07) is 0. The first kappa shape index (κ1) is 19.9. The van der Waals surface area contributed by atoms with Gasteiger partial charge in [-0.25, -0.2) is 0 Å². The summed E-state index contributed by atoms with van der Waals surface area (Å²) in [5.41, 5.74) is -1.41. The van der Waals surface area contributed by atoms with Gasteiger partial charge in [0.1, 0.15) is 6.10 Å². The second kappa shape index (κ2) is 9.06. The fourth-order valence-corrected chi connectivity index (χ4v) is 2.84. The van der Waals surface area contributed by atoms with Crippen LogP contribution in [0.1, 0.15) is 73.6 Å². The molecule has 0 saturated heterocycles. The molecule has 0 spiro atoms. The summed E-state index contributed by atoms with van der Waals surface area (Å²) >= 11 is 0. The van der Waals surface area contributed by atoms with Crippen molar-refractivity contribution in [1.82, 2.24) is 0 Å². The molecule has 0 aliphatic carbocycles. The maximum Gasteiger partial charge on any atom is 0.323 e. The van der Waals surface area contributed by atoms with Crippen molar-refractivity contribution in [2.45, 2.75) is 79.8 Å². The Hall–Kier alpha value is -1.06. The topological polar surface area (TPSA) is 63.6 Å². The Bertz CT molecular complexity index is 324. The minimum Gasteiger partial charge on any atom is -0.480 e. The van der Waals surface area contributed by atoms with E-state index in [4.69, 9.17) is 4.74 Å². The summed E-state index contributed by atoms with van der Waals surface area (Å²) in [5, 5.41) is 9.71. The van der Waals surface area contributed by atoms with E-state index in [1.807, 2.05) is 41.5 Å². The summed E-state index contributed by atoms with van der Waals surface area (Å²) in [7, 11) is 0. The highest BCUT2D eigenvalue weighted by Gasteiger charge is 2.48. The standard InChI is InChI=1S/C17H32O4/c1-7-9-14(8-2)21-16(20)17(15(18)19,10-12(3)4)11-13(5)6/h12-14H,7-11H2,1-6H3,(H,18,19). The van der Waals surface area contributed by atoms with Gasteiger partial charge in [0, 0.05) is 0 Å². The third-order valence-electron chi connectivity index (χ3n) is 3.65. The van der Waals surface area contributed by atoms with Gasteiger partial charge in [-0.3, -0.25) is 9.59 Å². The zero-order chi connectivity index (χ0) is 16.6. The second-order valence-electron chi connectivity index (χ2n) is 6.81. The summed E-state index contributed by atoms with van der Waals surface area (Å²) in [4.78, 5) is 24.5. The molecule has 4 heteroatoms. The lowest BCUT2D eigenvalue weighted by molar-refractivity contribution is -0.176. The van der Waals surface area contributed by atoms with Crippen LogP contribution in [0.3, 0.4) is 0 Å². The van der Waals surface area contributed by atoms with Gasteiger partial charge in [-0.05, 0) is 37.5 Å². The monoisotopic (exact) mass is 300 g/mol. The first-order valence-electron chi connectivity index (χ1n) is 8.14. The Labute approximate surface area is 129 Å². The van der Waals surface area contributed by atoms with Crippen molar-refractivity contribution in [2.75, 3.05) is 0 Å². The Morgan fingerprint density at radius 3 is 1.81 bits per heavy atom. The molecule has 0 aliphatic rings. The highest BCUT2D eigenvalue weighted by atomic mass is 16.5. The molecule has 124 valence electrons. The van der Waals surface area contributed by atoms with E-state index >= 15 is 0 Å². The number of carbonyl (C=O) groups excluding carboxylic acids is 1. The molecular weight excluding hydrogens is 268 g/mol. The van der Waals surface area contributed by atoms with Crippen LogP contribution in [0.4, 0.5) is 0 Å². The van der Waals surface area contributed by atoms with E-state index < -0.39 is 17.4 Å². The molecule has 0 fully saturated rings. The lowest BCUT2D eigenvalue weighted by Crippen LogP contribution is -2.44. The largest absolute Gasteiger partial charge is 0.480 e. The highest BCUT2D eigenvalue weighted by molar-refractivity contribution is 5.99. The molecular formula is C17H32O4. The Kier molecular flexibility index (Phi) is 8.60. The molecule has 4 nitrogen and oxygen atoms in total. The van der Waals surface area contributed by atoms with Gasteiger partial charge in [0.25, 0.3) is 0 Å². The fourth-order valence-electron chi connectivity index (χ4n) is 2.84. The number of carboxylic acids is 1. The van der Waals surface area contributed by atoms with Gasteiger partial charge in [-0.1, -0.05) is 48.0 Å². The van der Waals surface area contributed by atoms with Crippen molar-refractivity contribution in [3.05, 3.63) is 0 Å². The third-order valence-corrected chi connectivity index (χ3v) is 3.65. The van der Waals surface area contributed by atoms with E-state index in [1.165, 1.54) is 0 Å². The highest BCUT2D eigenvalue weighted by Crippen LogP contribution is 2.36. The SMILES string of the molecule is CCCC(CC)OC(=O)C(CC(C)C)(CC(C)C)C(=O)O. The van der Waals surface area contributed by atoms with Crippen molar-refractivity contribution >= 4 is 11.9 Å². The normalized spacial score (nSPS) is 13.5. The number of rotatable bonds is 10. The van der Waals surface area contributed by atoms with Gasteiger partial charge < -0.3 is 9.84 Å². The molecule has 0 heterocycles. The number of hydrogen-bond donors (Lipinski definition) is 1. The van der Waals surface area contributed by atoms with Crippen LogP contribution in [0.5, 0.6) is 0 Å². The van der Waals surface area contributed by atoms with Crippen LogP contribution in [0.2, 0.25) is 0 Å². The predicted octanol–water partition coefficient (Wildman–Crippen LogP) is 4.27. The van der Waals surface area contributed by atoms with E-state index in [0.717, 1.165) is 19.3 Å². The first-order valence-corrected chi connectivity index (χ1v) is 8.14. The molecule has 21 heavy (non-hydrogen) atoms. The molecule has 1 atom stereocenters. The lowest BCUT2D eigenvalue weighted by Gasteiger charge is -2.32. The minimum absolute atomic E-state index is 0.124. The maximum atomic E-state index is 12.6. The second-order valence-corrected chi connectivity index (χ2v) is 6.81. The Morgan fingerprint density at radius 2 is 1.52 bits per heavy atom. The number of aliphatic carboxylic acids is 1.